The molecule has 0 heterocycles. The number of nitrogens with zero attached hydrogens (tertiary/aromatic N) is 2. The van der Waals surface area contributed by atoms with Gasteiger partial charge in [0.1, 0.15) is 0 Å². The number of fused-ring (bicyclic) bond motifs is 1. The molecule has 2 rings (SSSR count). The van der Waals surface area contributed by atoms with Crippen LogP contribution in [-0.2, 0) is 10.0 Å². The van der Waals surface area contributed by atoms with Crippen molar-refractivity contribution in [3.05, 3.63) is 41.3 Å². The lowest BCUT2D eigenvalue weighted by Crippen LogP contribution is -2.26. The van der Waals surface area contributed by atoms with Gasteiger partial charge in [-0.1, -0.05) is 24.3 Å². The van der Waals surface area contributed by atoms with Crippen molar-refractivity contribution in [2.45, 2.75) is 4.90 Å². The molecule has 0 radical (unpaired) electrons. The lowest BCUT2D eigenvalue weighted by molar-refractivity contribution is 0.585. The van der Waals surface area contributed by atoms with E-state index in [2.05, 4.69) is 9.30 Å². The third-order valence-electron chi connectivity index (χ3n) is 3.17. The molecule has 0 saturated carbocycles. The van der Waals surface area contributed by atoms with Crippen molar-refractivity contribution in [1.29, 1.82) is 0 Å². The first-order valence-electron chi connectivity index (χ1n) is 6.61. The van der Waals surface area contributed by atoms with Crippen LogP contribution in [0, 0.1) is 4.91 Å². The predicted octanol–water partition coefficient (Wildman–Crippen LogP) is 2.60. The highest BCUT2D eigenvalue weighted by molar-refractivity contribution is 7.98. The number of nitrogens with one attached hydrogen (secondary N) is 1. The van der Waals surface area contributed by atoms with Gasteiger partial charge in [-0.05, 0) is 12.1 Å². The normalized spacial score (nSPS) is 11.5. The van der Waals surface area contributed by atoms with Crippen LogP contribution >= 0.6 is 11.9 Å². The molecule has 8 heteroatoms. The molecule has 6 nitrogen and oxygen atoms in total. The minimum Gasteiger partial charge on any atom is -0.377 e. The van der Waals surface area contributed by atoms with Gasteiger partial charge in [0.2, 0.25) is 10.0 Å². The van der Waals surface area contributed by atoms with E-state index in [0.717, 1.165) is 23.0 Å². The molecule has 2 aromatic carbocycles. The van der Waals surface area contributed by atoms with Crippen LogP contribution in [0.2, 0.25) is 0 Å². The highest BCUT2D eigenvalue weighted by Crippen LogP contribution is 2.29. The zero-order chi connectivity index (χ0) is 16.2. The SMILES string of the molecule is CN(C)c1cccc2c(S(=O)(=O)NCCSN=O)cccc12. The third-order valence-corrected chi connectivity index (χ3v) is 5.18. The molecule has 0 fully saturated rings. The van der Waals surface area contributed by atoms with Crippen LogP contribution in [0.4, 0.5) is 5.69 Å². The van der Waals surface area contributed by atoms with E-state index in [0.29, 0.717) is 11.1 Å². The smallest absolute Gasteiger partial charge is 0.241 e. The van der Waals surface area contributed by atoms with E-state index in [-0.39, 0.29) is 11.4 Å². The van der Waals surface area contributed by atoms with Crippen molar-refractivity contribution in [1.82, 2.24) is 4.72 Å². The van der Waals surface area contributed by atoms with E-state index >= 15 is 0 Å². The maximum atomic E-state index is 12.4. The van der Waals surface area contributed by atoms with E-state index in [9.17, 15) is 13.3 Å². The molecule has 0 atom stereocenters. The molecule has 118 valence electrons. The van der Waals surface area contributed by atoms with Crippen molar-refractivity contribution >= 4 is 38.4 Å². The van der Waals surface area contributed by atoms with Crippen molar-refractivity contribution in [3.63, 3.8) is 0 Å². The monoisotopic (exact) mass is 339 g/mol. The highest BCUT2D eigenvalue weighted by atomic mass is 32.2. The Bertz CT molecular complexity index is 776. The Hall–Kier alpha value is -1.64. The second-order valence-corrected chi connectivity index (χ2v) is 7.38. The lowest BCUT2D eigenvalue weighted by atomic mass is 10.1. The molecular formula is C14H17N3O3S2. The second kappa shape index (κ2) is 7.08. The number of nitroso groups, excluding NO2 is 1. The molecule has 22 heavy (non-hydrogen) atoms. The first-order chi connectivity index (χ1) is 10.5. The Labute approximate surface area is 134 Å². The van der Waals surface area contributed by atoms with Gasteiger partial charge in [0.05, 0.1) is 4.90 Å². The van der Waals surface area contributed by atoms with Gasteiger partial charge in [0.25, 0.3) is 0 Å². The number of rotatable bonds is 7. The summed E-state index contributed by atoms with van der Waals surface area (Å²) in [4.78, 5) is 12.2. The number of sulfonamides is 1. The summed E-state index contributed by atoms with van der Waals surface area (Å²) in [6, 6.07) is 10.8. The van der Waals surface area contributed by atoms with Gasteiger partial charge in [0.15, 0.2) is 0 Å². The Kier molecular flexibility index (Phi) is 5.38. The van der Waals surface area contributed by atoms with E-state index in [1.54, 1.807) is 18.2 Å². The number of anilines is 1. The molecule has 0 unspecified atom stereocenters. The topological polar surface area (TPSA) is 78.8 Å². The summed E-state index contributed by atoms with van der Waals surface area (Å²) in [5.74, 6) is 0.302. The lowest BCUT2D eigenvalue weighted by Gasteiger charge is -2.17. The van der Waals surface area contributed by atoms with E-state index in [4.69, 9.17) is 0 Å². The van der Waals surface area contributed by atoms with Crippen LogP contribution in [-0.4, -0.2) is 34.8 Å². The van der Waals surface area contributed by atoms with Gasteiger partial charge in [-0.15, -0.1) is 4.91 Å². The number of benzene rings is 2. The number of hydrogen-bond acceptors (Lipinski definition) is 6. The van der Waals surface area contributed by atoms with Crippen LogP contribution in [0.25, 0.3) is 10.8 Å². The molecule has 0 amide bonds. The van der Waals surface area contributed by atoms with Crippen LogP contribution < -0.4 is 9.62 Å². The molecule has 0 aromatic heterocycles. The minimum atomic E-state index is -3.64. The van der Waals surface area contributed by atoms with Crippen LogP contribution in [0.1, 0.15) is 0 Å². The summed E-state index contributed by atoms with van der Waals surface area (Å²) >= 11 is 0.790. The van der Waals surface area contributed by atoms with E-state index in [1.165, 1.54) is 0 Å². The predicted molar refractivity (Wildman–Crippen MR) is 91.7 cm³/mol. The molecule has 0 spiro atoms. The summed E-state index contributed by atoms with van der Waals surface area (Å²) in [6.07, 6.45) is 0. The summed E-state index contributed by atoms with van der Waals surface area (Å²) in [5.41, 5.74) is 0.954. The van der Waals surface area contributed by atoms with Gasteiger partial charge in [-0.3, -0.25) is 0 Å². The average Bonchev–Trinajstić information content (AvgIpc) is 2.50. The van der Waals surface area contributed by atoms with Gasteiger partial charge in [-0.2, -0.15) is 0 Å². The fourth-order valence-corrected chi connectivity index (χ4v) is 3.87. The highest BCUT2D eigenvalue weighted by Gasteiger charge is 2.17. The van der Waals surface area contributed by atoms with Crippen LogP contribution in [0.5, 0.6) is 0 Å². The Morgan fingerprint density at radius 3 is 2.50 bits per heavy atom. The zero-order valence-corrected chi connectivity index (χ0v) is 13.9. The first-order valence-corrected chi connectivity index (χ1v) is 9.03. The van der Waals surface area contributed by atoms with E-state index < -0.39 is 10.0 Å². The molecule has 0 aliphatic rings. The maximum Gasteiger partial charge on any atom is 0.241 e. The van der Waals surface area contributed by atoms with Crippen molar-refractivity contribution in [2.24, 2.45) is 4.58 Å². The largest absolute Gasteiger partial charge is 0.377 e. The molecule has 0 aliphatic carbocycles. The first kappa shape index (κ1) is 16.7. The molecule has 0 bridgehead atoms. The Balaban J connectivity index is 2.43. The van der Waals surface area contributed by atoms with Gasteiger partial charge in [0, 0.05) is 59.4 Å². The maximum absolute atomic E-state index is 12.4. The average molecular weight is 339 g/mol. The van der Waals surface area contributed by atoms with Crippen LogP contribution in [0.3, 0.4) is 0 Å². The fourth-order valence-electron chi connectivity index (χ4n) is 2.23. The zero-order valence-electron chi connectivity index (χ0n) is 12.3. The van der Waals surface area contributed by atoms with Crippen molar-refractivity contribution < 1.29 is 8.42 Å². The van der Waals surface area contributed by atoms with E-state index in [1.807, 2.05) is 37.2 Å². The Morgan fingerprint density at radius 1 is 1.14 bits per heavy atom. The van der Waals surface area contributed by atoms with Crippen LogP contribution in [0.15, 0.2) is 45.9 Å². The standard InChI is InChI=1S/C14H17N3O3S2/c1-17(2)13-7-3-6-12-11(13)5-4-8-14(12)22(19,20)15-9-10-21-16-18/h3-8,15H,9-10H2,1-2H3. The number of hydrogen-bond donors (Lipinski definition) is 1. The quantitative estimate of drug-likeness (QED) is 0.476. The summed E-state index contributed by atoms with van der Waals surface area (Å²) < 4.78 is 30.0. The fraction of sp³-hybridized carbons (Fsp3) is 0.286. The van der Waals surface area contributed by atoms with Crippen molar-refractivity contribution in [3.8, 4) is 0 Å². The Morgan fingerprint density at radius 2 is 1.82 bits per heavy atom. The van der Waals surface area contributed by atoms with Gasteiger partial charge >= 0.3 is 0 Å². The third kappa shape index (κ3) is 3.57. The van der Waals surface area contributed by atoms with Gasteiger partial charge < -0.3 is 4.90 Å². The van der Waals surface area contributed by atoms with Crippen molar-refractivity contribution in [2.75, 3.05) is 31.3 Å². The van der Waals surface area contributed by atoms with Gasteiger partial charge in [-0.25, -0.2) is 13.1 Å². The molecule has 0 saturated heterocycles. The minimum absolute atomic E-state index is 0.155. The summed E-state index contributed by atoms with van der Waals surface area (Å²) in [5, 5.41) is 1.54. The molecule has 2 aromatic rings. The molecule has 1 N–H and O–H groups in total. The summed E-state index contributed by atoms with van der Waals surface area (Å²) in [6.45, 7) is 0.155. The molecule has 0 aliphatic heterocycles. The summed E-state index contributed by atoms with van der Waals surface area (Å²) in [7, 11) is 0.194. The molecular weight excluding hydrogens is 322 g/mol. The second-order valence-electron chi connectivity index (χ2n) is 4.83.